The van der Waals surface area contributed by atoms with Gasteiger partial charge in [-0.1, -0.05) is 38.1 Å². The molecule has 1 unspecified atom stereocenters. The minimum absolute atomic E-state index is 0.665. The second-order valence-corrected chi connectivity index (χ2v) is 4.17. The maximum Gasteiger partial charge on any atom is 0.00201 e. The first-order valence-electron chi connectivity index (χ1n) is 6.05. The van der Waals surface area contributed by atoms with Crippen molar-refractivity contribution in [3.8, 4) is 0 Å². The molecule has 15 heavy (non-hydrogen) atoms. The maximum atomic E-state index is 3.51. The van der Waals surface area contributed by atoms with E-state index >= 15 is 0 Å². The summed E-state index contributed by atoms with van der Waals surface area (Å²) in [4.78, 5) is 0. The van der Waals surface area contributed by atoms with Crippen LogP contribution in [0.3, 0.4) is 0 Å². The fraction of sp³-hybridized carbons (Fsp3) is 0.571. The number of hydrogen-bond acceptors (Lipinski definition) is 1. The van der Waals surface area contributed by atoms with Crippen molar-refractivity contribution >= 4 is 0 Å². The highest BCUT2D eigenvalue weighted by atomic mass is 14.8. The third kappa shape index (κ3) is 3.67. The van der Waals surface area contributed by atoms with Gasteiger partial charge in [0.05, 0.1) is 0 Å². The number of hydrogen-bond donors (Lipinski definition) is 1. The molecule has 0 radical (unpaired) electrons. The topological polar surface area (TPSA) is 12.0 Å². The molecule has 0 bridgehead atoms. The summed E-state index contributed by atoms with van der Waals surface area (Å²) in [7, 11) is 0. The fourth-order valence-corrected chi connectivity index (χ4v) is 1.97. The van der Waals surface area contributed by atoms with Gasteiger partial charge in [-0.2, -0.15) is 0 Å². The second kappa shape index (κ2) is 6.62. The summed E-state index contributed by atoms with van der Waals surface area (Å²) in [5.41, 5.74) is 2.92. The zero-order chi connectivity index (χ0) is 11.1. The van der Waals surface area contributed by atoms with Gasteiger partial charge in [-0.15, -0.1) is 0 Å². The highest BCUT2D eigenvalue weighted by Crippen LogP contribution is 2.21. The van der Waals surface area contributed by atoms with Crippen LogP contribution < -0.4 is 5.32 Å². The van der Waals surface area contributed by atoms with E-state index in [1.807, 2.05) is 0 Å². The van der Waals surface area contributed by atoms with Crippen LogP contribution >= 0.6 is 0 Å². The van der Waals surface area contributed by atoms with Crippen LogP contribution in [-0.4, -0.2) is 13.1 Å². The Morgan fingerprint density at radius 3 is 2.53 bits per heavy atom. The highest BCUT2D eigenvalue weighted by molar-refractivity contribution is 5.29. The molecule has 0 aliphatic heterocycles. The average molecular weight is 205 g/mol. The lowest BCUT2D eigenvalue weighted by molar-refractivity contribution is 0.565. The summed E-state index contributed by atoms with van der Waals surface area (Å²) in [6.45, 7) is 8.92. The van der Waals surface area contributed by atoms with E-state index in [1.165, 1.54) is 24.0 Å². The van der Waals surface area contributed by atoms with Gasteiger partial charge in [0.15, 0.2) is 0 Å². The minimum Gasteiger partial charge on any atom is -0.316 e. The third-order valence-electron chi connectivity index (χ3n) is 2.94. The van der Waals surface area contributed by atoms with E-state index in [-0.39, 0.29) is 0 Å². The van der Waals surface area contributed by atoms with Gasteiger partial charge < -0.3 is 5.32 Å². The maximum absolute atomic E-state index is 3.51. The molecule has 0 saturated carbocycles. The Balaban J connectivity index is 2.61. The predicted molar refractivity (Wildman–Crippen MR) is 67.4 cm³/mol. The molecule has 0 saturated heterocycles. The predicted octanol–water partition coefficient (Wildman–Crippen LogP) is 3.49. The SMILES string of the molecule is CCCNCC(CC)c1ccccc1C. The molecule has 1 aromatic carbocycles. The van der Waals surface area contributed by atoms with Crippen molar-refractivity contribution in [3.63, 3.8) is 0 Å². The van der Waals surface area contributed by atoms with Crippen molar-refractivity contribution in [2.75, 3.05) is 13.1 Å². The molecule has 0 aromatic heterocycles. The molecule has 0 aliphatic rings. The summed E-state index contributed by atoms with van der Waals surface area (Å²) in [6, 6.07) is 8.73. The van der Waals surface area contributed by atoms with Crippen molar-refractivity contribution in [1.82, 2.24) is 5.32 Å². The van der Waals surface area contributed by atoms with Crippen LogP contribution in [0, 0.1) is 6.92 Å². The minimum atomic E-state index is 0.665. The molecular weight excluding hydrogens is 182 g/mol. The molecule has 1 nitrogen and oxygen atoms in total. The zero-order valence-corrected chi connectivity index (χ0v) is 10.2. The molecule has 0 amide bonds. The monoisotopic (exact) mass is 205 g/mol. The first kappa shape index (κ1) is 12.3. The molecular formula is C14H23N. The van der Waals surface area contributed by atoms with E-state index in [9.17, 15) is 0 Å². The summed E-state index contributed by atoms with van der Waals surface area (Å²) in [6.07, 6.45) is 2.42. The molecule has 84 valence electrons. The van der Waals surface area contributed by atoms with E-state index in [2.05, 4.69) is 50.4 Å². The molecule has 0 heterocycles. The van der Waals surface area contributed by atoms with E-state index in [0.29, 0.717) is 5.92 Å². The summed E-state index contributed by atoms with van der Waals surface area (Å²) in [5.74, 6) is 0.665. The molecule has 1 aromatic rings. The van der Waals surface area contributed by atoms with Gasteiger partial charge in [0, 0.05) is 6.54 Å². The number of rotatable bonds is 6. The molecule has 1 N–H and O–H groups in total. The number of aryl methyl sites for hydroxylation is 1. The number of benzene rings is 1. The van der Waals surface area contributed by atoms with Crippen LogP contribution in [0.15, 0.2) is 24.3 Å². The van der Waals surface area contributed by atoms with E-state index in [4.69, 9.17) is 0 Å². The lowest BCUT2D eigenvalue weighted by atomic mass is 9.92. The van der Waals surface area contributed by atoms with E-state index in [1.54, 1.807) is 0 Å². The lowest BCUT2D eigenvalue weighted by Gasteiger charge is -2.18. The normalized spacial score (nSPS) is 12.7. The van der Waals surface area contributed by atoms with Gasteiger partial charge in [0.25, 0.3) is 0 Å². The average Bonchev–Trinajstić information content (AvgIpc) is 2.26. The van der Waals surface area contributed by atoms with Crippen LogP contribution in [0.5, 0.6) is 0 Å². The van der Waals surface area contributed by atoms with Crippen molar-refractivity contribution in [1.29, 1.82) is 0 Å². The standard InChI is InChI=1S/C14H23N/c1-4-10-15-11-13(5-2)14-9-7-6-8-12(14)3/h6-9,13,15H,4-5,10-11H2,1-3H3. The quantitative estimate of drug-likeness (QED) is 0.701. The van der Waals surface area contributed by atoms with E-state index in [0.717, 1.165) is 13.1 Å². The van der Waals surface area contributed by atoms with Gasteiger partial charge >= 0.3 is 0 Å². The Morgan fingerprint density at radius 2 is 1.93 bits per heavy atom. The van der Waals surface area contributed by atoms with Crippen LogP contribution in [0.2, 0.25) is 0 Å². The van der Waals surface area contributed by atoms with Crippen LogP contribution in [-0.2, 0) is 0 Å². The molecule has 1 atom stereocenters. The fourth-order valence-electron chi connectivity index (χ4n) is 1.97. The van der Waals surface area contributed by atoms with Crippen molar-refractivity contribution < 1.29 is 0 Å². The van der Waals surface area contributed by atoms with Crippen LogP contribution in [0.25, 0.3) is 0 Å². The summed E-state index contributed by atoms with van der Waals surface area (Å²) < 4.78 is 0. The van der Waals surface area contributed by atoms with Crippen molar-refractivity contribution in [2.24, 2.45) is 0 Å². The summed E-state index contributed by atoms with van der Waals surface area (Å²) in [5, 5.41) is 3.51. The Labute approximate surface area is 93.9 Å². The number of nitrogens with one attached hydrogen (secondary N) is 1. The van der Waals surface area contributed by atoms with Crippen molar-refractivity contribution in [3.05, 3.63) is 35.4 Å². The Hall–Kier alpha value is -0.820. The Bertz CT molecular complexity index is 280. The van der Waals surface area contributed by atoms with Gasteiger partial charge in [-0.05, 0) is 43.4 Å². The highest BCUT2D eigenvalue weighted by Gasteiger charge is 2.10. The molecule has 1 heteroatoms. The molecule has 0 aliphatic carbocycles. The third-order valence-corrected chi connectivity index (χ3v) is 2.94. The molecule has 0 spiro atoms. The van der Waals surface area contributed by atoms with Gasteiger partial charge in [-0.3, -0.25) is 0 Å². The Kier molecular flexibility index (Phi) is 5.41. The second-order valence-electron chi connectivity index (χ2n) is 4.17. The summed E-state index contributed by atoms with van der Waals surface area (Å²) >= 11 is 0. The van der Waals surface area contributed by atoms with Gasteiger partial charge in [-0.25, -0.2) is 0 Å². The van der Waals surface area contributed by atoms with Gasteiger partial charge in [0.2, 0.25) is 0 Å². The zero-order valence-electron chi connectivity index (χ0n) is 10.2. The first-order valence-corrected chi connectivity index (χ1v) is 6.05. The largest absolute Gasteiger partial charge is 0.316 e. The first-order chi connectivity index (χ1) is 7.29. The van der Waals surface area contributed by atoms with Crippen LogP contribution in [0.4, 0.5) is 0 Å². The van der Waals surface area contributed by atoms with E-state index < -0.39 is 0 Å². The lowest BCUT2D eigenvalue weighted by Crippen LogP contribution is -2.22. The van der Waals surface area contributed by atoms with Gasteiger partial charge in [0.1, 0.15) is 0 Å². The molecule has 1 rings (SSSR count). The Morgan fingerprint density at radius 1 is 1.20 bits per heavy atom. The smallest absolute Gasteiger partial charge is 0.00201 e. The van der Waals surface area contributed by atoms with Crippen molar-refractivity contribution in [2.45, 2.75) is 39.5 Å². The molecule has 0 fully saturated rings. The van der Waals surface area contributed by atoms with Crippen LogP contribution in [0.1, 0.15) is 43.7 Å².